The maximum atomic E-state index is 12.5. The van der Waals surface area contributed by atoms with Crippen molar-refractivity contribution in [3.8, 4) is 0 Å². The van der Waals surface area contributed by atoms with Crippen molar-refractivity contribution in [2.24, 2.45) is 5.92 Å². The van der Waals surface area contributed by atoms with Crippen LogP contribution < -0.4 is 0 Å². The molecule has 1 aliphatic rings. The van der Waals surface area contributed by atoms with E-state index in [1.54, 1.807) is 11.3 Å². The van der Waals surface area contributed by atoms with Gasteiger partial charge in [-0.2, -0.15) is 0 Å². The topological polar surface area (TPSA) is 46.1 Å². The van der Waals surface area contributed by atoms with Crippen LogP contribution in [0.25, 0.3) is 0 Å². The minimum atomic E-state index is 0.156. The summed E-state index contributed by atoms with van der Waals surface area (Å²) >= 11 is 1.64. The number of likely N-dealkylation sites (tertiary alicyclic amines) is 1. The number of aryl methyl sites for hydroxylation is 1. The largest absolute Gasteiger partial charge is 0.299 e. The van der Waals surface area contributed by atoms with Gasteiger partial charge in [0.1, 0.15) is 15.8 Å². The average Bonchev–Trinajstić information content (AvgIpc) is 2.93. The molecule has 4 nitrogen and oxygen atoms in total. The fourth-order valence-corrected chi connectivity index (χ4v) is 3.75. The second kappa shape index (κ2) is 7.11. The maximum absolute atomic E-state index is 12.5. The molecule has 1 unspecified atom stereocenters. The van der Waals surface area contributed by atoms with Gasteiger partial charge < -0.3 is 0 Å². The number of Topliss-reactive ketones (excluding diaryl/α,β-unsaturated/α-hetero) is 1. The molecule has 22 heavy (non-hydrogen) atoms. The molecule has 5 heteroatoms. The zero-order valence-electron chi connectivity index (χ0n) is 12.9. The van der Waals surface area contributed by atoms with Crippen LogP contribution in [-0.2, 0) is 17.8 Å². The van der Waals surface area contributed by atoms with Crippen molar-refractivity contribution in [1.29, 1.82) is 0 Å². The highest BCUT2D eigenvalue weighted by atomic mass is 32.1. The van der Waals surface area contributed by atoms with Crippen LogP contribution in [0, 0.1) is 12.8 Å². The Balaban J connectivity index is 1.57. The highest BCUT2D eigenvalue weighted by Gasteiger charge is 2.26. The lowest BCUT2D eigenvalue weighted by molar-refractivity contribution is -0.123. The van der Waals surface area contributed by atoms with Crippen LogP contribution >= 0.6 is 11.3 Å². The summed E-state index contributed by atoms with van der Waals surface area (Å²) in [6.45, 7) is 4.70. The summed E-state index contributed by atoms with van der Waals surface area (Å²) in [5, 5.41) is 10.3. The standard InChI is InChI=1S/C17H21N3OS/c1-13-18-19-17(22-13)12-20-9-5-8-15(11-20)16(21)10-14-6-3-2-4-7-14/h2-4,6-7,15H,5,8-12H2,1H3. The molecule has 0 bridgehead atoms. The van der Waals surface area contributed by atoms with Crippen molar-refractivity contribution < 1.29 is 4.79 Å². The quantitative estimate of drug-likeness (QED) is 0.851. The first-order chi connectivity index (χ1) is 10.7. The van der Waals surface area contributed by atoms with E-state index in [4.69, 9.17) is 0 Å². The molecule has 1 aromatic heterocycles. The Morgan fingerprint density at radius 3 is 2.86 bits per heavy atom. The first-order valence-electron chi connectivity index (χ1n) is 7.78. The van der Waals surface area contributed by atoms with Gasteiger partial charge in [0.15, 0.2) is 0 Å². The van der Waals surface area contributed by atoms with Crippen molar-refractivity contribution in [1.82, 2.24) is 15.1 Å². The molecule has 0 amide bonds. The van der Waals surface area contributed by atoms with E-state index in [1.165, 1.54) is 0 Å². The predicted molar refractivity (Wildman–Crippen MR) is 87.8 cm³/mol. The number of nitrogens with zero attached hydrogens (tertiary/aromatic N) is 3. The molecule has 0 aliphatic carbocycles. The first kappa shape index (κ1) is 15.3. The molecule has 1 aromatic carbocycles. The maximum Gasteiger partial charge on any atom is 0.141 e. The van der Waals surface area contributed by atoms with Crippen LogP contribution in [0.5, 0.6) is 0 Å². The van der Waals surface area contributed by atoms with Gasteiger partial charge in [0.05, 0.1) is 6.54 Å². The van der Waals surface area contributed by atoms with E-state index in [0.29, 0.717) is 12.2 Å². The summed E-state index contributed by atoms with van der Waals surface area (Å²) in [4.78, 5) is 14.9. The highest BCUT2D eigenvalue weighted by Crippen LogP contribution is 2.21. The third-order valence-electron chi connectivity index (χ3n) is 4.11. The molecule has 2 heterocycles. The first-order valence-corrected chi connectivity index (χ1v) is 8.60. The molecule has 2 aromatic rings. The fourth-order valence-electron chi connectivity index (χ4n) is 3.00. The summed E-state index contributed by atoms with van der Waals surface area (Å²) in [6.07, 6.45) is 2.65. The molecule has 0 radical (unpaired) electrons. The Morgan fingerprint density at radius 2 is 2.14 bits per heavy atom. The van der Waals surface area contributed by atoms with Gasteiger partial charge in [0.25, 0.3) is 0 Å². The van der Waals surface area contributed by atoms with Gasteiger partial charge in [0, 0.05) is 18.9 Å². The molecule has 1 atom stereocenters. The zero-order valence-corrected chi connectivity index (χ0v) is 13.7. The summed E-state index contributed by atoms with van der Waals surface area (Å²) in [5.74, 6) is 0.521. The average molecular weight is 315 g/mol. The molecule has 0 saturated carbocycles. The van der Waals surface area contributed by atoms with Crippen molar-refractivity contribution in [3.63, 3.8) is 0 Å². The predicted octanol–water partition coefficient (Wildman–Crippen LogP) is 2.87. The van der Waals surface area contributed by atoms with Crippen LogP contribution in [-0.4, -0.2) is 34.0 Å². The van der Waals surface area contributed by atoms with E-state index in [-0.39, 0.29) is 5.92 Å². The van der Waals surface area contributed by atoms with Crippen LogP contribution in [0.1, 0.15) is 28.4 Å². The molecular weight excluding hydrogens is 294 g/mol. The summed E-state index contributed by atoms with van der Waals surface area (Å²) in [5.41, 5.74) is 1.12. The molecule has 0 N–H and O–H groups in total. The van der Waals surface area contributed by atoms with E-state index in [1.807, 2.05) is 37.3 Å². The molecule has 1 aliphatic heterocycles. The second-order valence-electron chi connectivity index (χ2n) is 5.92. The van der Waals surface area contributed by atoms with Crippen LogP contribution in [0.2, 0.25) is 0 Å². The van der Waals surface area contributed by atoms with Crippen LogP contribution in [0.3, 0.4) is 0 Å². The molecule has 1 fully saturated rings. The highest BCUT2D eigenvalue weighted by molar-refractivity contribution is 7.11. The Kier molecular flexibility index (Phi) is 4.95. The summed E-state index contributed by atoms with van der Waals surface area (Å²) in [7, 11) is 0. The third kappa shape index (κ3) is 3.99. The Labute approximate surface area is 135 Å². The number of rotatable bonds is 5. The normalized spacial score (nSPS) is 19.2. The zero-order chi connectivity index (χ0) is 15.4. The lowest BCUT2D eigenvalue weighted by Crippen LogP contribution is -2.38. The van der Waals surface area contributed by atoms with Crippen molar-refractivity contribution in [3.05, 3.63) is 45.9 Å². The number of hydrogen-bond donors (Lipinski definition) is 0. The van der Waals surface area contributed by atoms with Gasteiger partial charge in [-0.05, 0) is 31.9 Å². The van der Waals surface area contributed by atoms with Crippen molar-refractivity contribution in [2.75, 3.05) is 13.1 Å². The second-order valence-corrected chi connectivity index (χ2v) is 7.18. The summed E-state index contributed by atoms with van der Waals surface area (Å²) < 4.78 is 0. The SMILES string of the molecule is Cc1nnc(CN2CCCC(C(=O)Cc3ccccc3)C2)s1. The van der Waals surface area contributed by atoms with Gasteiger partial charge in [-0.25, -0.2) is 0 Å². The van der Waals surface area contributed by atoms with E-state index in [9.17, 15) is 4.79 Å². The van der Waals surface area contributed by atoms with Gasteiger partial charge >= 0.3 is 0 Å². The van der Waals surface area contributed by atoms with Crippen LogP contribution in [0.4, 0.5) is 0 Å². The van der Waals surface area contributed by atoms with Gasteiger partial charge in [-0.3, -0.25) is 9.69 Å². The number of benzene rings is 1. The fraction of sp³-hybridized carbons (Fsp3) is 0.471. The van der Waals surface area contributed by atoms with Crippen molar-refractivity contribution >= 4 is 17.1 Å². The number of aromatic nitrogens is 2. The molecular formula is C17H21N3OS. The third-order valence-corrected chi connectivity index (χ3v) is 4.93. The van der Waals surface area contributed by atoms with E-state index in [2.05, 4.69) is 15.1 Å². The molecule has 0 spiro atoms. The Hall–Kier alpha value is -1.59. The van der Waals surface area contributed by atoms with Gasteiger partial charge in [0.2, 0.25) is 0 Å². The monoisotopic (exact) mass is 315 g/mol. The Bertz CT molecular complexity index is 626. The number of piperidine rings is 1. The number of carbonyl (C=O) groups excluding carboxylic acids is 1. The van der Waals surface area contributed by atoms with Crippen LogP contribution in [0.15, 0.2) is 30.3 Å². The number of carbonyl (C=O) groups is 1. The minimum absolute atomic E-state index is 0.156. The van der Waals surface area contributed by atoms with Crippen molar-refractivity contribution in [2.45, 2.75) is 32.7 Å². The molecule has 1 saturated heterocycles. The number of ketones is 1. The lowest BCUT2D eigenvalue weighted by Gasteiger charge is -2.31. The van der Waals surface area contributed by atoms with Gasteiger partial charge in [-0.1, -0.05) is 30.3 Å². The smallest absolute Gasteiger partial charge is 0.141 e. The minimum Gasteiger partial charge on any atom is -0.299 e. The van der Waals surface area contributed by atoms with E-state index < -0.39 is 0 Å². The molecule has 3 rings (SSSR count). The van der Waals surface area contributed by atoms with E-state index in [0.717, 1.165) is 48.1 Å². The summed E-state index contributed by atoms with van der Waals surface area (Å²) in [6, 6.07) is 10.0. The Morgan fingerprint density at radius 1 is 1.32 bits per heavy atom. The number of hydrogen-bond acceptors (Lipinski definition) is 5. The van der Waals surface area contributed by atoms with E-state index >= 15 is 0 Å². The lowest BCUT2D eigenvalue weighted by atomic mass is 9.90. The van der Waals surface area contributed by atoms with Gasteiger partial charge in [-0.15, -0.1) is 21.5 Å². The molecule has 116 valence electrons.